The van der Waals surface area contributed by atoms with Crippen molar-refractivity contribution >= 4 is 21.6 Å². The van der Waals surface area contributed by atoms with Crippen LogP contribution in [0.1, 0.15) is 5.89 Å². The largest absolute Gasteiger partial charge is 0.449 e. The third-order valence-corrected chi connectivity index (χ3v) is 6.41. The first-order chi connectivity index (χ1) is 13.4. The van der Waals surface area contributed by atoms with Gasteiger partial charge in [0.15, 0.2) is 5.89 Å². The molecule has 0 saturated carbocycles. The molecule has 0 spiro atoms. The van der Waals surface area contributed by atoms with Gasteiger partial charge in [0, 0.05) is 31.8 Å². The Morgan fingerprint density at radius 3 is 2.50 bits per heavy atom. The summed E-state index contributed by atoms with van der Waals surface area (Å²) in [6, 6.07) is 9.91. The Hall–Kier alpha value is -3.04. The lowest BCUT2D eigenvalue weighted by Gasteiger charge is -2.33. The van der Waals surface area contributed by atoms with Gasteiger partial charge in [-0.2, -0.15) is 4.31 Å². The van der Waals surface area contributed by atoms with Crippen LogP contribution < -0.4 is 4.90 Å². The van der Waals surface area contributed by atoms with Crippen LogP contribution in [-0.4, -0.2) is 48.2 Å². The lowest BCUT2D eigenvalue weighted by atomic mass is 10.2. The summed E-state index contributed by atoms with van der Waals surface area (Å²) in [4.78, 5) is 22.4. The summed E-state index contributed by atoms with van der Waals surface area (Å²) in [5.41, 5.74) is 2.06. The summed E-state index contributed by atoms with van der Waals surface area (Å²) in [5, 5.41) is 0. The summed E-state index contributed by atoms with van der Waals surface area (Å²) in [6.45, 7) is 2.03. The number of piperazine rings is 1. The second-order valence-electron chi connectivity index (χ2n) is 6.37. The number of anilines is 1. The Morgan fingerprint density at radius 1 is 1.11 bits per heavy atom. The predicted octanol–water partition coefficient (Wildman–Crippen LogP) is 2.08. The lowest BCUT2D eigenvalue weighted by Crippen LogP contribution is -2.52. The van der Waals surface area contributed by atoms with E-state index in [1.54, 1.807) is 48.5 Å². The molecule has 28 heavy (non-hydrogen) atoms. The number of aryl methyl sites for hydroxylation is 1. The van der Waals surface area contributed by atoms with Gasteiger partial charge in [0.25, 0.3) is 0 Å². The third kappa shape index (κ3) is 3.41. The number of benzene rings is 1. The zero-order valence-electron chi connectivity index (χ0n) is 15.1. The monoisotopic (exact) mass is 398 g/mol. The van der Waals surface area contributed by atoms with Gasteiger partial charge in [0.2, 0.25) is 15.9 Å². The first-order valence-electron chi connectivity index (χ1n) is 8.68. The smallest absolute Gasteiger partial charge is 0.243 e. The maximum absolute atomic E-state index is 12.9. The van der Waals surface area contributed by atoms with E-state index < -0.39 is 10.0 Å². The van der Waals surface area contributed by atoms with Gasteiger partial charge in [-0.1, -0.05) is 12.1 Å². The highest BCUT2D eigenvalue weighted by Crippen LogP contribution is 2.24. The molecule has 1 aliphatic rings. The van der Waals surface area contributed by atoms with Crippen molar-refractivity contribution in [2.24, 2.45) is 0 Å². The number of rotatable bonds is 4. The van der Waals surface area contributed by atoms with Crippen LogP contribution in [0.3, 0.4) is 0 Å². The molecular weight excluding hydrogens is 380 g/mol. The molecule has 144 valence electrons. The number of aromatic nitrogens is 2. The van der Waals surface area contributed by atoms with Gasteiger partial charge in [-0.05, 0) is 24.3 Å². The van der Waals surface area contributed by atoms with Gasteiger partial charge in [-0.3, -0.25) is 9.78 Å². The van der Waals surface area contributed by atoms with Crippen molar-refractivity contribution in [2.45, 2.75) is 11.8 Å². The molecule has 1 aliphatic heterocycles. The molecule has 2 aromatic heterocycles. The number of nitrogens with zero attached hydrogens (tertiary/aromatic N) is 4. The molecule has 1 fully saturated rings. The highest BCUT2D eigenvalue weighted by atomic mass is 32.2. The van der Waals surface area contributed by atoms with Crippen molar-refractivity contribution in [3.8, 4) is 11.3 Å². The molecule has 0 unspecified atom stereocenters. The normalized spacial score (nSPS) is 15.8. The van der Waals surface area contributed by atoms with Crippen LogP contribution in [0.2, 0.25) is 0 Å². The van der Waals surface area contributed by atoms with E-state index >= 15 is 0 Å². The van der Waals surface area contributed by atoms with Crippen LogP contribution >= 0.6 is 0 Å². The molecule has 4 rings (SSSR count). The molecule has 1 aromatic carbocycles. The number of hydrogen-bond donors (Lipinski definition) is 0. The second kappa shape index (κ2) is 7.17. The Balaban J connectivity index is 1.52. The quantitative estimate of drug-likeness (QED) is 0.668. The fraction of sp³-hybridized carbons (Fsp3) is 0.211. The van der Waals surface area contributed by atoms with E-state index in [0.29, 0.717) is 17.3 Å². The standard InChI is InChI=1S/C19H18N4O4S/c1-14-21-18(13-27-14)15-4-6-17(7-5-15)28(25,26)22-9-10-23(19(24)12-22)16-3-2-8-20-11-16/h2-8,11,13H,9-10,12H2,1H3. The SMILES string of the molecule is Cc1nc(-c2ccc(S(=O)(=O)N3CCN(c4cccnc4)C(=O)C3)cc2)co1. The molecule has 0 radical (unpaired) electrons. The molecule has 3 aromatic rings. The Kier molecular flexibility index (Phi) is 4.70. The molecule has 1 saturated heterocycles. The highest BCUT2D eigenvalue weighted by molar-refractivity contribution is 7.89. The number of hydrogen-bond acceptors (Lipinski definition) is 6. The molecule has 0 aliphatic carbocycles. The van der Waals surface area contributed by atoms with Gasteiger partial charge in [0.05, 0.1) is 23.3 Å². The van der Waals surface area contributed by atoms with Gasteiger partial charge < -0.3 is 9.32 Å². The summed E-state index contributed by atoms with van der Waals surface area (Å²) in [7, 11) is -3.77. The Bertz CT molecular complexity index is 1090. The third-order valence-electron chi connectivity index (χ3n) is 4.55. The van der Waals surface area contributed by atoms with E-state index in [2.05, 4.69) is 9.97 Å². The van der Waals surface area contributed by atoms with Crippen molar-refractivity contribution in [3.05, 3.63) is 60.9 Å². The summed E-state index contributed by atoms with van der Waals surface area (Å²) < 4.78 is 32.3. The average molecular weight is 398 g/mol. The minimum absolute atomic E-state index is 0.138. The summed E-state index contributed by atoms with van der Waals surface area (Å²) in [5.74, 6) is 0.259. The average Bonchev–Trinajstić information content (AvgIpc) is 3.15. The fourth-order valence-corrected chi connectivity index (χ4v) is 4.47. The number of carbonyl (C=O) groups is 1. The number of sulfonamides is 1. The minimum Gasteiger partial charge on any atom is -0.449 e. The van der Waals surface area contributed by atoms with Crippen LogP contribution in [0.4, 0.5) is 5.69 Å². The van der Waals surface area contributed by atoms with E-state index in [1.807, 2.05) is 0 Å². The van der Waals surface area contributed by atoms with Gasteiger partial charge in [0.1, 0.15) is 12.0 Å². The van der Waals surface area contributed by atoms with Crippen molar-refractivity contribution in [1.82, 2.24) is 14.3 Å². The molecule has 0 atom stereocenters. The molecule has 3 heterocycles. The Morgan fingerprint density at radius 2 is 1.89 bits per heavy atom. The highest BCUT2D eigenvalue weighted by Gasteiger charge is 2.33. The number of pyridine rings is 1. The molecule has 8 nitrogen and oxygen atoms in total. The van der Waals surface area contributed by atoms with E-state index in [4.69, 9.17) is 4.42 Å². The maximum atomic E-state index is 12.9. The summed E-state index contributed by atoms with van der Waals surface area (Å²) in [6.07, 6.45) is 4.74. The molecule has 1 amide bonds. The van der Waals surface area contributed by atoms with Crippen molar-refractivity contribution in [1.29, 1.82) is 0 Å². The van der Waals surface area contributed by atoms with E-state index in [1.165, 1.54) is 22.7 Å². The fourth-order valence-electron chi connectivity index (χ4n) is 3.09. The number of carbonyl (C=O) groups excluding carboxylic acids is 1. The van der Waals surface area contributed by atoms with E-state index in [-0.39, 0.29) is 30.4 Å². The first kappa shape index (κ1) is 18.3. The van der Waals surface area contributed by atoms with E-state index in [9.17, 15) is 13.2 Å². The van der Waals surface area contributed by atoms with Crippen LogP contribution in [0.25, 0.3) is 11.3 Å². The van der Waals surface area contributed by atoms with E-state index in [0.717, 1.165) is 5.56 Å². The summed E-state index contributed by atoms with van der Waals surface area (Å²) >= 11 is 0. The molecular formula is C19H18N4O4S. The van der Waals surface area contributed by atoms with Crippen molar-refractivity contribution in [2.75, 3.05) is 24.5 Å². The van der Waals surface area contributed by atoms with Gasteiger partial charge >= 0.3 is 0 Å². The number of oxazole rings is 1. The van der Waals surface area contributed by atoms with Crippen molar-refractivity contribution < 1.29 is 17.6 Å². The van der Waals surface area contributed by atoms with Crippen molar-refractivity contribution in [3.63, 3.8) is 0 Å². The molecule has 0 bridgehead atoms. The topological polar surface area (TPSA) is 96.6 Å². The lowest BCUT2D eigenvalue weighted by molar-refractivity contribution is -0.119. The van der Waals surface area contributed by atoms with Crippen LogP contribution in [-0.2, 0) is 14.8 Å². The number of amides is 1. The van der Waals surface area contributed by atoms with Gasteiger partial charge in [-0.25, -0.2) is 13.4 Å². The molecule has 9 heteroatoms. The Labute approximate surface area is 162 Å². The van der Waals surface area contributed by atoms with Gasteiger partial charge in [-0.15, -0.1) is 0 Å². The zero-order chi connectivity index (χ0) is 19.7. The molecule has 0 N–H and O–H groups in total. The maximum Gasteiger partial charge on any atom is 0.243 e. The predicted molar refractivity (Wildman–Crippen MR) is 102 cm³/mol. The van der Waals surface area contributed by atoms with Crippen LogP contribution in [0.5, 0.6) is 0 Å². The minimum atomic E-state index is -3.77. The second-order valence-corrected chi connectivity index (χ2v) is 8.31. The zero-order valence-corrected chi connectivity index (χ0v) is 16.0. The first-order valence-corrected chi connectivity index (χ1v) is 10.1. The van der Waals surface area contributed by atoms with Crippen LogP contribution in [0, 0.1) is 6.92 Å². The van der Waals surface area contributed by atoms with Crippen LogP contribution in [0.15, 0.2) is 64.4 Å².